The molecule has 2 N–H and O–H groups in total. The fourth-order valence-corrected chi connectivity index (χ4v) is 9.27. The molecule has 3 aromatic carbocycles. The second kappa shape index (κ2) is 32.6. The van der Waals surface area contributed by atoms with Crippen molar-refractivity contribution in [3.63, 3.8) is 0 Å². The Morgan fingerprint density at radius 2 is 0.618 bits per heavy atom. The van der Waals surface area contributed by atoms with Gasteiger partial charge in [0.15, 0.2) is 22.9 Å². The van der Waals surface area contributed by atoms with Crippen molar-refractivity contribution in [2.45, 2.75) is 180 Å². The number of unbranched alkanes of at least 4 members (excludes halogenated alkanes) is 18. The zero-order valence-electron chi connectivity index (χ0n) is 34.8. The van der Waals surface area contributed by atoms with Gasteiger partial charge < -0.3 is 5.73 Å². The Kier molecular flexibility index (Phi) is 30.0. The summed E-state index contributed by atoms with van der Waals surface area (Å²) in [6.45, 7) is 6.60. The number of benzene rings is 3. The van der Waals surface area contributed by atoms with Gasteiger partial charge in [-0.05, 0) is 43.1 Å². The standard InChI is InChI=1S/C31H59NO3.C18H15P.BrH/c1-4-7-10-13-16-19-22-25-28(33)31(32,29(34)26-23-20-17-14-11-8-5-2)30(35)27-24-21-18-15-12-9-6-3;1-4-10-16(11-5-1)19(17-12-6-2-7-13-17)18-14-8-3-9-15-18;/h4-27,32H2,1-3H3;1-15H;1H. The van der Waals surface area contributed by atoms with E-state index >= 15 is 0 Å². The minimum Gasteiger partial charge on any atom is -0.307 e. The van der Waals surface area contributed by atoms with E-state index in [-0.39, 0.29) is 53.6 Å². The third-order valence-electron chi connectivity index (χ3n) is 10.4. The first-order chi connectivity index (χ1) is 26.4. The van der Waals surface area contributed by atoms with Gasteiger partial charge in [0, 0.05) is 19.3 Å². The molecule has 3 aromatic rings. The predicted molar refractivity (Wildman–Crippen MR) is 245 cm³/mol. The Bertz CT molecular complexity index is 1220. The van der Waals surface area contributed by atoms with Crippen molar-refractivity contribution in [2.75, 3.05) is 0 Å². The van der Waals surface area contributed by atoms with Crippen molar-refractivity contribution in [3.05, 3.63) is 91.0 Å². The minimum absolute atomic E-state index is 0. The summed E-state index contributed by atoms with van der Waals surface area (Å²) >= 11 is 0. The van der Waals surface area contributed by atoms with Gasteiger partial charge in [-0.1, -0.05) is 227 Å². The normalized spacial score (nSPS) is 11.1. The molecule has 3 rings (SSSR count). The smallest absolute Gasteiger partial charge is 0.193 e. The summed E-state index contributed by atoms with van der Waals surface area (Å²) in [5.74, 6) is -1.02. The second-order valence-electron chi connectivity index (χ2n) is 15.0. The maximum Gasteiger partial charge on any atom is 0.193 e. The number of nitrogens with two attached hydrogens (primary N) is 1. The molecular formula is C49H75BrNO3P. The first-order valence-corrected chi connectivity index (χ1v) is 23.1. The molecule has 0 spiro atoms. The summed E-state index contributed by atoms with van der Waals surface area (Å²) in [7, 11) is -0.446. The molecule has 0 fully saturated rings. The number of ketones is 3. The average Bonchev–Trinajstić information content (AvgIpc) is 3.20. The summed E-state index contributed by atoms with van der Waals surface area (Å²) in [6.07, 6.45) is 23.8. The number of Topliss-reactive ketones (excluding diaryl/α,β-unsaturated/α-hetero) is 3. The number of carbonyl (C=O) groups is 3. The highest BCUT2D eigenvalue weighted by molar-refractivity contribution is 8.93. The topological polar surface area (TPSA) is 77.2 Å². The highest BCUT2D eigenvalue weighted by atomic mass is 79.9. The van der Waals surface area contributed by atoms with Crippen LogP contribution in [-0.4, -0.2) is 22.9 Å². The second-order valence-corrected chi connectivity index (χ2v) is 17.3. The lowest BCUT2D eigenvalue weighted by atomic mass is 9.79. The van der Waals surface area contributed by atoms with E-state index in [1.807, 2.05) is 0 Å². The Labute approximate surface area is 348 Å². The molecule has 0 saturated carbocycles. The third-order valence-corrected chi connectivity index (χ3v) is 12.8. The average molecular weight is 837 g/mol. The quantitative estimate of drug-likeness (QED) is 0.0412. The van der Waals surface area contributed by atoms with Crippen molar-refractivity contribution in [1.82, 2.24) is 0 Å². The molecule has 0 radical (unpaired) electrons. The molecule has 0 aliphatic carbocycles. The SMILES string of the molecule is Br.CCCCCCCCCC(=O)C(N)(C(=O)CCCCCCCCC)C(=O)CCCCCCCCC.c1ccc(P(c2ccccc2)c2ccccc2)cc1. The van der Waals surface area contributed by atoms with E-state index < -0.39 is 13.5 Å². The van der Waals surface area contributed by atoms with E-state index in [4.69, 9.17) is 5.73 Å². The number of hydrogen-bond acceptors (Lipinski definition) is 4. The van der Waals surface area contributed by atoms with Crippen LogP contribution in [0.1, 0.15) is 175 Å². The Hall–Kier alpha value is -2.46. The molecule has 0 heterocycles. The molecule has 0 atom stereocenters. The molecular weight excluding hydrogens is 761 g/mol. The monoisotopic (exact) mass is 835 g/mol. The van der Waals surface area contributed by atoms with Crippen LogP contribution in [0.3, 0.4) is 0 Å². The largest absolute Gasteiger partial charge is 0.307 e. The van der Waals surface area contributed by atoms with Crippen LogP contribution in [0.5, 0.6) is 0 Å². The molecule has 0 saturated heterocycles. The van der Waals surface area contributed by atoms with Crippen LogP contribution in [0.25, 0.3) is 0 Å². The predicted octanol–water partition coefficient (Wildman–Crippen LogP) is 12.8. The Morgan fingerprint density at radius 1 is 0.400 bits per heavy atom. The number of rotatable bonds is 30. The highest BCUT2D eigenvalue weighted by Crippen LogP contribution is 2.32. The van der Waals surface area contributed by atoms with E-state index in [1.54, 1.807) is 0 Å². The van der Waals surface area contributed by atoms with Gasteiger partial charge in [-0.2, -0.15) is 0 Å². The summed E-state index contributed by atoms with van der Waals surface area (Å²) < 4.78 is 0. The maximum absolute atomic E-state index is 13.1. The van der Waals surface area contributed by atoms with Gasteiger partial charge in [-0.15, -0.1) is 17.0 Å². The van der Waals surface area contributed by atoms with Crippen LogP contribution in [0.2, 0.25) is 0 Å². The van der Waals surface area contributed by atoms with Gasteiger partial charge in [0.25, 0.3) is 0 Å². The molecule has 0 aliphatic rings. The van der Waals surface area contributed by atoms with Crippen LogP contribution < -0.4 is 21.6 Å². The maximum atomic E-state index is 13.1. The molecule has 0 aromatic heterocycles. The zero-order valence-corrected chi connectivity index (χ0v) is 37.4. The fraction of sp³-hybridized carbons (Fsp3) is 0.571. The lowest BCUT2D eigenvalue weighted by molar-refractivity contribution is -0.142. The minimum atomic E-state index is -1.91. The number of halogens is 1. The molecule has 0 amide bonds. The Morgan fingerprint density at radius 3 is 0.855 bits per heavy atom. The first-order valence-electron chi connectivity index (χ1n) is 21.7. The fourth-order valence-electron chi connectivity index (χ4n) is 6.96. The van der Waals surface area contributed by atoms with E-state index in [0.717, 1.165) is 57.8 Å². The highest BCUT2D eigenvalue weighted by Gasteiger charge is 2.46. The summed E-state index contributed by atoms with van der Waals surface area (Å²) in [4.78, 5) is 39.4. The van der Waals surface area contributed by atoms with Gasteiger partial charge in [-0.3, -0.25) is 14.4 Å². The van der Waals surface area contributed by atoms with Gasteiger partial charge >= 0.3 is 0 Å². The van der Waals surface area contributed by atoms with Crippen LogP contribution in [-0.2, 0) is 14.4 Å². The van der Waals surface area contributed by atoms with Gasteiger partial charge in [0.05, 0.1) is 0 Å². The van der Waals surface area contributed by atoms with E-state index in [1.165, 1.54) is 93.0 Å². The van der Waals surface area contributed by atoms with Crippen LogP contribution in [0, 0.1) is 0 Å². The van der Waals surface area contributed by atoms with Crippen molar-refractivity contribution >= 4 is 58.2 Å². The van der Waals surface area contributed by atoms with Crippen LogP contribution in [0.4, 0.5) is 0 Å². The van der Waals surface area contributed by atoms with Gasteiger partial charge in [0.1, 0.15) is 0 Å². The first kappa shape index (κ1) is 50.6. The van der Waals surface area contributed by atoms with Crippen molar-refractivity contribution in [1.29, 1.82) is 0 Å². The summed E-state index contributed by atoms with van der Waals surface area (Å²) in [5.41, 5.74) is 4.51. The molecule has 0 unspecified atom stereocenters. The van der Waals surface area contributed by atoms with Crippen LogP contribution in [0.15, 0.2) is 91.0 Å². The van der Waals surface area contributed by atoms with Crippen molar-refractivity contribution in [3.8, 4) is 0 Å². The molecule has 306 valence electrons. The molecule has 4 nitrogen and oxygen atoms in total. The van der Waals surface area contributed by atoms with E-state index in [0.29, 0.717) is 0 Å². The van der Waals surface area contributed by atoms with E-state index in [9.17, 15) is 14.4 Å². The lowest BCUT2D eigenvalue weighted by Crippen LogP contribution is -2.61. The Balaban J connectivity index is 0.000000628. The number of hydrogen-bond donors (Lipinski definition) is 1. The third kappa shape index (κ3) is 20.5. The number of carbonyl (C=O) groups excluding carboxylic acids is 3. The zero-order chi connectivity index (χ0) is 39.1. The van der Waals surface area contributed by atoms with E-state index in [2.05, 4.69) is 112 Å². The van der Waals surface area contributed by atoms with Crippen LogP contribution >= 0.6 is 24.9 Å². The molecule has 0 aliphatic heterocycles. The molecule has 6 heteroatoms. The lowest BCUT2D eigenvalue weighted by Gasteiger charge is -2.25. The summed E-state index contributed by atoms with van der Waals surface area (Å²) in [5, 5.41) is 4.19. The van der Waals surface area contributed by atoms with Crippen molar-refractivity contribution < 1.29 is 14.4 Å². The molecule has 0 bridgehead atoms. The van der Waals surface area contributed by atoms with Gasteiger partial charge in [0.2, 0.25) is 0 Å². The summed E-state index contributed by atoms with van der Waals surface area (Å²) in [6, 6.07) is 32.3. The van der Waals surface area contributed by atoms with Crippen molar-refractivity contribution in [2.24, 2.45) is 5.73 Å². The molecule has 55 heavy (non-hydrogen) atoms. The van der Waals surface area contributed by atoms with Gasteiger partial charge in [-0.25, -0.2) is 0 Å².